The molecule has 0 radical (unpaired) electrons. The minimum Gasteiger partial charge on any atom is -0.465 e. The lowest BCUT2D eigenvalue weighted by Gasteiger charge is -2.34. The molecule has 2 atom stereocenters. The maximum atomic E-state index is 12.5. The number of piperidine rings is 1. The van der Waals surface area contributed by atoms with E-state index >= 15 is 0 Å². The Kier molecular flexibility index (Phi) is 6.02. The zero-order valence-corrected chi connectivity index (χ0v) is 15.4. The van der Waals surface area contributed by atoms with E-state index in [-0.39, 0.29) is 18.2 Å². The van der Waals surface area contributed by atoms with Crippen molar-refractivity contribution in [3.63, 3.8) is 0 Å². The van der Waals surface area contributed by atoms with E-state index in [1.807, 2.05) is 30.9 Å². The molecule has 2 amide bonds. The van der Waals surface area contributed by atoms with Crippen LogP contribution in [0.4, 0.5) is 4.79 Å². The molecular weight excluding hydrogens is 318 g/mol. The van der Waals surface area contributed by atoms with Crippen molar-refractivity contribution in [3.8, 4) is 0 Å². The second kappa shape index (κ2) is 8.23. The molecule has 0 spiro atoms. The average molecular weight is 349 g/mol. The number of furan rings is 1. The summed E-state index contributed by atoms with van der Waals surface area (Å²) in [7, 11) is 0. The van der Waals surface area contributed by atoms with Crippen LogP contribution in [0.2, 0.25) is 0 Å². The number of nitrogens with zero attached hydrogens (tertiary/aromatic N) is 2. The van der Waals surface area contributed by atoms with E-state index in [9.17, 15) is 9.90 Å². The van der Waals surface area contributed by atoms with Gasteiger partial charge in [-0.1, -0.05) is 0 Å². The Morgan fingerprint density at radius 2 is 1.96 bits per heavy atom. The number of hydrogen-bond donors (Lipinski definition) is 2. The van der Waals surface area contributed by atoms with Crippen molar-refractivity contribution in [2.45, 2.75) is 51.7 Å². The highest BCUT2D eigenvalue weighted by molar-refractivity contribution is 5.74. The molecule has 0 aliphatic carbocycles. The van der Waals surface area contributed by atoms with Gasteiger partial charge in [-0.05, 0) is 70.7 Å². The number of aliphatic hydroxyl groups is 1. The molecule has 25 heavy (non-hydrogen) atoms. The minimum absolute atomic E-state index is 0.00322. The van der Waals surface area contributed by atoms with Crippen LogP contribution in [0, 0.1) is 12.8 Å². The van der Waals surface area contributed by atoms with Gasteiger partial charge in [-0.15, -0.1) is 0 Å². The quantitative estimate of drug-likeness (QED) is 0.857. The number of rotatable bonds is 5. The Labute approximate surface area is 150 Å². The van der Waals surface area contributed by atoms with Gasteiger partial charge in [-0.25, -0.2) is 4.79 Å². The monoisotopic (exact) mass is 349 g/mol. The van der Waals surface area contributed by atoms with E-state index in [1.54, 1.807) is 0 Å². The molecule has 0 bridgehead atoms. The Morgan fingerprint density at radius 3 is 2.52 bits per heavy atom. The molecule has 2 aliphatic heterocycles. The summed E-state index contributed by atoms with van der Waals surface area (Å²) in [5, 5.41) is 12.8. The summed E-state index contributed by atoms with van der Waals surface area (Å²) in [5.41, 5.74) is 0. The molecule has 0 saturated carbocycles. The van der Waals surface area contributed by atoms with Gasteiger partial charge in [-0.2, -0.15) is 0 Å². The van der Waals surface area contributed by atoms with Crippen LogP contribution in [0.5, 0.6) is 0 Å². The number of amides is 2. The van der Waals surface area contributed by atoms with Gasteiger partial charge in [0.2, 0.25) is 0 Å². The standard InChI is InChI=1S/C19H31N3O3/c1-14-5-6-18(25-14)17(21-9-3-4-10-21)13-20-19(24)22-11-7-16(8-12-22)15(2)23/h5-6,15-17,23H,3-4,7-13H2,1-2H3,(H,20,24). The van der Waals surface area contributed by atoms with Crippen LogP contribution >= 0.6 is 0 Å². The number of carbonyl (C=O) groups excluding carboxylic acids is 1. The second-order valence-electron chi connectivity index (χ2n) is 7.46. The fourth-order valence-electron chi connectivity index (χ4n) is 3.98. The molecule has 140 valence electrons. The van der Waals surface area contributed by atoms with Crippen molar-refractivity contribution in [1.29, 1.82) is 0 Å². The van der Waals surface area contributed by atoms with Gasteiger partial charge in [0.15, 0.2) is 0 Å². The van der Waals surface area contributed by atoms with Gasteiger partial charge in [-0.3, -0.25) is 4.90 Å². The first-order valence-corrected chi connectivity index (χ1v) is 9.56. The first-order chi connectivity index (χ1) is 12.0. The zero-order chi connectivity index (χ0) is 17.8. The molecule has 2 fully saturated rings. The van der Waals surface area contributed by atoms with E-state index in [4.69, 9.17) is 4.42 Å². The highest BCUT2D eigenvalue weighted by Gasteiger charge is 2.29. The molecule has 2 saturated heterocycles. The Balaban J connectivity index is 1.55. The molecular formula is C19H31N3O3. The van der Waals surface area contributed by atoms with Crippen molar-refractivity contribution in [2.75, 3.05) is 32.7 Å². The predicted molar refractivity (Wildman–Crippen MR) is 96.4 cm³/mol. The number of carbonyl (C=O) groups is 1. The van der Waals surface area contributed by atoms with Crippen LogP contribution in [0.15, 0.2) is 16.5 Å². The lowest BCUT2D eigenvalue weighted by Crippen LogP contribution is -2.47. The van der Waals surface area contributed by atoms with Crippen molar-refractivity contribution >= 4 is 6.03 Å². The van der Waals surface area contributed by atoms with E-state index in [0.717, 1.165) is 50.5 Å². The lowest BCUT2D eigenvalue weighted by molar-refractivity contribution is 0.0793. The molecule has 2 N–H and O–H groups in total. The number of hydrogen-bond acceptors (Lipinski definition) is 4. The molecule has 3 heterocycles. The summed E-state index contributed by atoms with van der Waals surface area (Å²) in [5.74, 6) is 2.16. The highest BCUT2D eigenvalue weighted by atomic mass is 16.3. The smallest absolute Gasteiger partial charge is 0.317 e. The normalized spacial score (nSPS) is 22.1. The first-order valence-electron chi connectivity index (χ1n) is 9.56. The Hall–Kier alpha value is -1.53. The summed E-state index contributed by atoms with van der Waals surface area (Å²) < 4.78 is 5.84. The van der Waals surface area contributed by atoms with E-state index in [2.05, 4.69) is 10.2 Å². The number of likely N-dealkylation sites (tertiary alicyclic amines) is 2. The molecule has 3 rings (SSSR count). The lowest BCUT2D eigenvalue weighted by atomic mass is 9.92. The van der Waals surface area contributed by atoms with Crippen molar-refractivity contribution in [2.24, 2.45) is 5.92 Å². The molecule has 2 unspecified atom stereocenters. The summed E-state index contributed by atoms with van der Waals surface area (Å²) in [6.45, 7) is 7.91. The number of urea groups is 1. The van der Waals surface area contributed by atoms with Crippen molar-refractivity contribution < 1.29 is 14.3 Å². The zero-order valence-electron chi connectivity index (χ0n) is 15.4. The number of nitrogens with one attached hydrogen (secondary N) is 1. The third kappa shape index (κ3) is 4.55. The van der Waals surface area contributed by atoms with Crippen LogP contribution < -0.4 is 5.32 Å². The summed E-state index contributed by atoms with van der Waals surface area (Å²) in [6.07, 6.45) is 3.87. The first kappa shape index (κ1) is 18.3. The fourth-order valence-corrected chi connectivity index (χ4v) is 3.98. The minimum atomic E-state index is -0.285. The van der Waals surface area contributed by atoms with Gasteiger partial charge in [0, 0.05) is 19.6 Å². The number of aryl methyl sites for hydroxylation is 1. The van der Waals surface area contributed by atoms with Crippen LogP contribution in [0.3, 0.4) is 0 Å². The molecule has 0 aromatic carbocycles. The van der Waals surface area contributed by atoms with Gasteiger partial charge in [0.25, 0.3) is 0 Å². The highest BCUT2D eigenvalue weighted by Crippen LogP contribution is 2.26. The van der Waals surface area contributed by atoms with Crippen LogP contribution in [0.1, 0.15) is 50.2 Å². The topological polar surface area (TPSA) is 69.0 Å². The van der Waals surface area contributed by atoms with Gasteiger partial charge < -0.3 is 19.7 Å². The third-order valence-corrected chi connectivity index (χ3v) is 5.63. The largest absolute Gasteiger partial charge is 0.465 e. The summed E-state index contributed by atoms with van der Waals surface area (Å²) in [6, 6.07) is 4.12. The van der Waals surface area contributed by atoms with Gasteiger partial charge >= 0.3 is 6.03 Å². The van der Waals surface area contributed by atoms with Crippen LogP contribution in [0.25, 0.3) is 0 Å². The van der Waals surface area contributed by atoms with Crippen LogP contribution in [-0.2, 0) is 0 Å². The Bertz CT molecular complexity index is 558. The van der Waals surface area contributed by atoms with E-state index in [0.29, 0.717) is 12.5 Å². The van der Waals surface area contributed by atoms with Crippen molar-refractivity contribution in [1.82, 2.24) is 15.1 Å². The maximum Gasteiger partial charge on any atom is 0.317 e. The SMILES string of the molecule is Cc1ccc(C(CNC(=O)N2CCC(C(C)O)CC2)N2CCCC2)o1. The second-order valence-corrected chi connectivity index (χ2v) is 7.46. The van der Waals surface area contributed by atoms with Crippen LogP contribution in [-0.4, -0.2) is 59.8 Å². The maximum absolute atomic E-state index is 12.5. The molecule has 1 aromatic heterocycles. The molecule has 2 aliphatic rings. The van der Waals surface area contributed by atoms with Gasteiger partial charge in [0.05, 0.1) is 12.1 Å². The summed E-state index contributed by atoms with van der Waals surface area (Å²) in [4.78, 5) is 16.8. The fraction of sp³-hybridized carbons (Fsp3) is 0.737. The van der Waals surface area contributed by atoms with E-state index in [1.165, 1.54) is 12.8 Å². The molecule has 6 heteroatoms. The van der Waals surface area contributed by atoms with E-state index < -0.39 is 0 Å². The predicted octanol–water partition coefficient (Wildman–Crippen LogP) is 2.53. The summed E-state index contributed by atoms with van der Waals surface area (Å²) >= 11 is 0. The van der Waals surface area contributed by atoms with Gasteiger partial charge in [0.1, 0.15) is 11.5 Å². The Morgan fingerprint density at radius 1 is 1.28 bits per heavy atom. The third-order valence-electron chi connectivity index (χ3n) is 5.63. The van der Waals surface area contributed by atoms with Crippen molar-refractivity contribution in [3.05, 3.63) is 23.7 Å². The average Bonchev–Trinajstić information content (AvgIpc) is 3.27. The molecule has 6 nitrogen and oxygen atoms in total. The number of aliphatic hydroxyl groups excluding tert-OH is 1. The molecule has 1 aromatic rings.